The number of rotatable bonds is 3. The van der Waals surface area contributed by atoms with Gasteiger partial charge in [-0.1, -0.05) is 41.9 Å². The van der Waals surface area contributed by atoms with Crippen molar-refractivity contribution in [2.45, 2.75) is 18.4 Å². The lowest BCUT2D eigenvalue weighted by Crippen LogP contribution is -2.22. The lowest BCUT2D eigenvalue weighted by atomic mass is 9.91. The van der Waals surface area contributed by atoms with Crippen LogP contribution < -0.4 is 4.74 Å². The Labute approximate surface area is 121 Å². The minimum absolute atomic E-state index is 0.0822. The normalized spacial score (nSPS) is 18.4. The highest BCUT2D eigenvalue weighted by molar-refractivity contribution is 6.31. The summed E-state index contributed by atoms with van der Waals surface area (Å²) < 4.78 is 19.0. The van der Waals surface area contributed by atoms with Gasteiger partial charge in [-0.2, -0.15) is 0 Å². The molecule has 1 heterocycles. The van der Waals surface area contributed by atoms with E-state index in [4.69, 9.17) is 16.3 Å². The van der Waals surface area contributed by atoms with Gasteiger partial charge in [-0.3, -0.25) is 0 Å². The molecular weight excluding hydrogens is 279 g/mol. The van der Waals surface area contributed by atoms with E-state index in [2.05, 4.69) is 0 Å². The maximum Gasteiger partial charge on any atom is 0.142 e. The van der Waals surface area contributed by atoms with Crippen LogP contribution in [-0.2, 0) is 6.42 Å². The van der Waals surface area contributed by atoms with E-state index in [0.29, 0.717) is 18.6 Å². The summed E-state index contributed by atoms with van der Waals surface area (Å²) in [5.41, 5.74) is 1.61. The highest BCUT2D eigenvalue weighted by Crippen LogP contribution is 2.37. The summed E-state index contributed by atoms with van der Waals surface area (Å²) in [5, 5.41) is 10.5. The fraction of sp³-hybridized carbons (Fsp3) is 0.250. The summed E-state index contributed by atoms with van der Waals surface area (Å²) >= 11 is 5.93. The number of aliphatic hydroxyl groups excluding tert-OH is 1. The summed E-state index contributed by atoms with van der Waals surface area (Å²) in [6.07, 6.45) is -0.350. The van der Waals surface area contributed by atoms with Crippen molar-refractivity contribution in [3.05, 3.63) is 64.4 Å². The van der Waals surface area contributed by atoms with E-state index in [0.717, 1.165) is 11.3 Å². The molecule has 1 aliphatic rings. The number of para-hydroxylation sites is 1. The molecule has 0 aromatic heterocycles. The zero-order valence-corrected chi connectivity index (χ0v) is 11.5. The van der Waals surface area contributed by atoms with Gasteiger partial charge in [0.15, 0.2) is 0 Å². The van der Waals surface area contributed by atoms with Gasteiger partial charge in [0.2, 0.25) is 0 Å². The van der Waals surface area contributed by atoms with Crippen LogP contribution >= 0.6 is 11.6 Å². The van der Waals surface area contributed by atoms with Crippen LogP contribution in [0.1, 0.15) is 17.0 Å². The molecule has 0 bridgehead atoms. The van der Waals surface area contributed by atoms with E-state index in [9.17, 15) is 9.50 Å². The minimum Gasteiger partial charge on any atom is -0.493 e. The third-order valence-corrected chi connectivity index (χ3v) is 4.09. The molecule has 0 saturated heterocycles. The highest BCUT2D eigenvalue weighted by Gasteiger charge is 2.30. The number of halogens is 2. The van der Waals surface area contributed by atoms with Gasteiger partial charge in [0.1, 0.15) is 11.6 Å². The highest BCUT2D eigenvalue weighted by atomic mass is 35.5. The molecule has 2 atom stereocenters. The van der Waals surface area contributed by atoms with E-state index in [1.54, 1.807) is 12.1 Å². The van der Waals surface area contributed by atoms with E-state index < -0.39 is 11.9 Å². The Bertz CT molecular complexity index is 630. The van der Waals surface area contributed by atoms with Crippen molar-refractivity contribution in [1.82, 2.24) is 0 Å². The van der Waals surface area contributed by atoms with Crippen molar-refractivity contribution in [2.24, 2.45) is 0 Å². The molecule has 3 rings (SSSR count). The van der Waals surface area contributed by atoms with Crippen molar-refractivity contribution in [2.75, 3.05) is 6.61 Å². The van der Waals surface area contributed by atoms with Crippen LogP contribution in [0.15, 0.2) is 42.5 Å². The monoisotopic (exact) mass is 292 g/mol. The first-order valence-electron chi connectivity index (χ1n) is 6.49. The lowest BCUT2D eigenvalue weighted by Gasteiger charge is -2.18. The molecule has 2 nitrogen and oxygen atoms in total. The maximum absolute atomic E-state index is 13.4. The van der Waals surface area contributed by atoms with Crippen molar-refractivity contribution in [3.8, 4) is 5.75 Å². The smallest absolute Gasteiger partial charge is 0.142 e. The summed E-state index contributed by atoms with van der Waals surface area (Å²) in [6, 6.07) is 12.3. The molecular formula is C16H14ClFO2. The van der Waals surface area contributed by atoms with Crippen molar-refractivity contribution in [1.29, 1.82) is 0 Å². The Hall–Kier alpha value is -1.58. The molecule has 0 spiro atoms. The first-order chi connectivity index (χ1) is 9.66. The molecule has 2 aromatic rings. The fourth-order valence-corrected chi connectivity index (χ4v) is 2.78. The van der Waals surface area contributed by atoms with Crippen molar-refractivity contribution in [3.63, 3.8) is 0 Å². The molecule has 2 aromatic carbocycles. The van der Waals surface area contributed by atoms with Crippen molar-refractivity contribution >= 4 is 11.6 Å². The van der Waals surface area contributed by atoms with Crippen LogP contribution in [0.5, 0.6) is 5.75 Å². The van der Waals surface area contributed by atoms with Crippen LogP contribution in [0.2, 0.25) is 5.02 Å². The Morgan fingerprint density at radius 3 is 2.90 bits per heavy atom. The first-order valence-corrected chi connectivity index (χ1v) is 6.87. The van der Waals surface area contributed by atoms with Gasteiger partial charge in [0, 0.05) is 17.9 Å². The topological polar surface area (TPSA) is 29.5 Å². The van der Waals surface area contributed by atoms with Gasteiger partial charge in [0.25, 0.3) is 0 Å². The van der Waals surface area contributed by atoms with Crippen LogP contribution in [-0.4, -0.2) is 17.8 Å². The predicted molar refractivity (Wildman–Crippen MR) is 75.8 cm³/mol. The zero-order valence-electron chi connectivity index (χ0n) is 10.7. The molecule has 4 heteroatoms. The average molecular weight is 293 g/mol. The minimum atomic E-state index is -0.655. The summed E-state index contributed by atoms with van der Waals surface area (Å²) in [4.78, 5) is 0. The summed E-state index contributed by atoms with van der Waals surface area (Å²) in [5.74, 6) is 0.242. The second kappa shape index (κ2) is 5.43. The number of hydrogen-bond donors (Lipinski definition) is 1. The third kappa shape index (κ3) is 2.39. The van der Waals surface area contributed by atoms with Crippen LogP contribution in [0, 0.1) is 5.82 Å². The summed E-state index contributed by atoms with van der Waals surface area (Å²) in [7, 11) is 0. The quantitative estimate of drug-likeness (QED) is 0.937. The Kier molecular flexibility index (Phi) is 3.64. The standard InChI is InChI=1S/C16H14ClFO2/c17-16-10(4-3-6-13(16)18)8-14(19)12-9-20-15-7-2-1-5-11(12)15/h1-7,12,14,19H,8-9H2. The molecule has 1 aliphatic heterocycles. The number of benzene rings is 2. The van der Waals surface area contributed by atoms with E-state index in [1.165, 1.54) is 6.07 Å². The molecule has 0 fully saturated rings. The number of hydrogen-bond acceptors (Lipinski definition) is 2. The average Bonchev–Trinajstić information content (AvgIpc) is 2.88. The fourth-order valence-electron chi connectivity index (χ4n) is 2.58. The van der Waals surface area contributed by atoms with Crippen molar-refractivity contribution < 1.29 is 14.2 Å². The maximum atomic E-state index is 13.4. The molecule has 0 radical (unpaired) electrons. The van der Waals surface area contributed by atoms with Gasteiger partial charge >= 0.3 is 0 Å². The largest absolute Gasteiger partial charge is 0.493 e. The zero-order chi connectivity index (χ0) is 14.1. The molecule has 104 valence electrons. The molecule has 1 N–H and O–H groups in total. The molecule has 0 saturated carbocycles. The van der Waals surface area contributed by atoms with E-state index in [-0.39, 0.29) is 10.9 Å². The Morgan fingerprint density at radius 1 is 1.25 bits per heavy atom. The van der Waals surface area contributed by atoms with Gasteiger partial charge in [-0.25, -0.2) is 4.39 Å². The predicted octanol–water partition coefficient (Wildman–Crippen LogP) is 3.56. The van der Waals surface area contributed by atoms with Gasteiger partial charge in [-0.15, -0.1) is 0 Å². The summed E-state index contributed by atoms with van der Waals surface area (Å²) in [6.45, 7) is 0.438. The Morgan fingerprint density at radius 2 is 2.05 bits per heavy atom. The molecule has 2 unspecified atom stereocenters. The second-order valence-electron chi connectivity index (χ2n) is 4.94. The van der Waals surface area contributed by atoms with E-state index in [1.807, 2.05) is 24.3 Å². The van der Waals surface area contributed by atoms with Crippen LogP contribution in [0.4, 0.5) is 4.39 Å². The SMILES string of the molecule is OC(Cc1cccc(F)c1Cl)C1COc2ccccc21. The number of ether oxygens (including phenoxy) is 1. The van der Waals surface area contributed by atoms with Gasteiger partial charge in [-0.05, 0) is 17.7 Å². The lowest BCUT2D eigenvalue weighted by molar-refractivity contribution is 0.129. The van der Waals surface area contributed by atoms with E-state index >= 15 is 0 Å². The first kappa shape index (κ1) is 13.4. The molecule has 0 aliphatic carbocycles. The van der Waals surface area contributed by atoms with Crippen LogP contribution in [0.3, 0.4) is 0 Å². The van der Waals surface area contributed by atoms with Crippen LogP contribution in [0.25, 0.3) is 0 Å². The second-order valence-corrected chi connectivity index (χ2v) is 5.32. The molecule has 0 amide bonds. The van der Waals surface area contributed by atoms with Gasteiger partial charge < -0.3 is 9.84 Å². The number of fused-ring (bicyclic) bond motifs is 1. The van der Waals surface area contributed by atoms with Gasteiger partial charge in [0.05, 0.1) is 17.7 Å². The number of aliphatic hydroxyl groups is 1. The molecule has 20 heavy (non-hydrogen) atoms. The Balaban J connectivity index is 1.81. The third-order valence-electron chi connectivity index (χ3n) is 3.66.